The van der Waals surface area contributed by atoms with E-state index < -0.39 is 0 Å². The summed E-state index contributed by atoms with van der Waals surface area (Å²) in [5.41, 5.74) is 1.21. The van der Waals surface area contributed by atoms with Crippen molar-refractivity contribution >= 4 is 21.7 Å². The summed E-state index contributed by atoms with van der Waals surface area (Å²) in [7, 11) is 1.56. The topological polar surface area (TPSA) is 26.3 Å². The van der Waals surface area contributed by atoms with E-state index in [4.69, 9.17) is 4.74 Å². The number of carbonyl (C=O) groups excluding carboxylic acids is 1. The molecule has 0 saturated carbocycles. The number of carbonyl (C=O) groups is 1. The number of halogens is 1. The maximum absolute atomic E-state index is 12.3. The molecule has 0 amide bonds. The lowest BCUT2D eigenvalue weighted by Crippen LogP contribution is -2.04. The number of hydrogen-bond acceptors (Lipinski definition) is 2. The molecule has 0 fully saturated rings. The minimum Gasteiger partial charge on any atom is -0.496 e. The Morgan fingerprint density at radius 1 is 1.06 bits per heavy atom. The van der Waals surface area contributed by atoms with Crippen molar-refractivity contribution in [1.82, 2.24) is 0 Å². The standard InChI is InChI=1S/C14H11BrO2/c1-17-12-9-5-8-11(15)13(12)14(16)10-6-3-2-4-7-10/h2-9H,1H3/i2+1,3+1,4+1,6+1,7+1,10+1. The highest BCUT2D eigenvalue weighted by molar-refractivity contribution is 9.10. The lowest BCUT2D eigenvalue weighted by Gasteiger charge is -2.09. The lowest BCUT2D eigenvalue weighted by molar-refractivity contribution is 0.103. The van der Waals surface area contributed by atoms with Crippen LogP contribution < -0.4 is 4.74 Å². The van der Waals surface area contributed by atoms with Gasteiger partial charge in [0.25, 0.3) is 0 Å². The lowest BCUT2D eigenvalue weighted by atomic mass is 10.1. The van der Waals surface area contributed by atoms with Gasteiger partial charge >= 0.3 is 0 Å². The smallest absolute Gasteiger partial charge is 0.197 e. The Bertz CT molecular complexity index is 535. The molecule has 17 heavy (non-hydrogen) atoms. The molecule has 0 unspecified atom stereocenters. The quantitative estimate of drug-likeness (QED) is 0.808. The van der Waals surface area contributed by atoms with Gasteiger partial charge in [0.2, 0.25) is 0 Å². The van der Waals surface area contributed by atoms with Gasteiger partial charge in [0.05, 0.1) is 12.7 Å². The number of methoxy groups -OCH3 is 1. The van der Waals surface area contributed by atoms with Crippen LogP contribution in [0.2, 0.25) is 0 Å². The number of hydrogen-bond donors (Lipinski definition) is 0. The molecule has 0 atom stereocenters. The monoisotopic (exact) mass is 296 g/mol. The second kappa shape index (κ2) is 5.15. The second-order valence-electron chi connectivity index (χ2n) is 3.51. The first-order valence-corrected chi connectivity index (χ1v) is 5.95. The third-order valence-electron chi connectivity index (χ3n) is 2.46. The minimum atomic E-state index is -0.0464. The Hall–Kier alpha value is -1.61. The maximum Gasteiger partial charge on any atom is 0.197 e. The molecule has 2 aromatic rings. The summed E-state index contributed by atoms with van der Waals surface area (Å²) < 4.78 is 5.96. The summed E-state index contributed by atoms with van der Waals surface area (Å²) in [5, 5.41) is 0. The normalized spacial score (nSPS) is 10.0. The van der Waals surface area contributed by atoms with E-state index in [1.807, 2.05) is 30.3 Å². The Morgan fingerprint density at radius 2 is 1.76 bits per heavy atom. The zero-order chi connectivity index (χ0) is 12.3. The summed E-state index contributed by atoms with van der Waals surface area (Å²) in [6.07, 6.45) is 0. The van der Waals surface area contributed by atoms with Crippen molar-refractivity contribution in [2.24, 2.45) is 0 Å². The molecule has 3 heteroatoms. The average Bonchev–Trinajstić information content (AvgIpc) is 2.38. The van der Waals surface area contributed by atoms with Crippen LogP contribution in [0.5, 0.6) is 5.75 Å². The first kappa shape index (κ1) is 11.9. The van der Waals surface area contributed by atoms with Crippen molar-refractivity contribution in [1.29, 1.82) is 0 Å². The second-order valence-corrected chi connectivity index (χ2v) is 4.37. The van der Waals surface area contributed by atoms with E-state index in [9.17, 15) is 4.79 Å². The molecule has 2 aromatic carbocycles. The van der Waals surface area contributed by atoms with E-state index in [0.717, 1.165) is 4.47 Å². The van der Waals surface area contributed by atoms with Crippen LogP contribution in [-0.2, 0) is 0 Å². The summed E-state index contributed by atoms with van der Waals surface area (Å²) in [6, 6.07) is 14.6. The van der Waals surface area contributed by atoms with Gasteiger partial charge in [0.15, 0.2) is 5.78 Å². The van der Waals surface area contributed by atoms with Gasteiger partial charge in [-0.15, -0.1) is 0 Å². The molecule has 0 saturated heterocycles. The highest BCUT2D eigenvalue weighted by Gasteiger charge is 2.17. The Morgan fingerprint density at radius 3 is 2.41 bits per heavy atom. The molecule has 2 nitrogen and oxygen atoms in total. The van der Waals surface area contributed by atoms with E-state index in [1.165, 1.54) is 0 Å². The van der Waals surface area contributed by atoms with Crippen LogP contribution in [-0.4, -0.2) is 12.9 Å². The van der Waals surface area contributed by atoms with Gasteiger partial charge in [0.1, 0.15) is 5.75 Å². The van der Waals surface area contributed by atoms with Crippen molar-refractivity contribution in [3.05, 3.63) is 64.1 Å². The van der Waals surface area contributed by atoms with E-state index in [1.54, 1.807) is 25.3 Å². The summed E-state index contributed by atoms with van der Waals surface area (Å²) in [4.78, 5) is 12.3. The molecule has 0 spiro atoms. The molecule has 0 radical (unpaired) electrons. The van der Waals surface area contributed by atoms with Crippen LogP contribution in [0.15, 0.2) is 53.0 Å². The first-order valence-electron chi connectivity index (χ1n) is 5.16. The minimum absolute atomic E-state index is 0.0464. The molecule has 2 rings (SSSR count). The Balaban J connectivity index is 2.51. The van der Waals surface area contributed by atoms with E-state index in [2.05, 4.69) is 15.9 Å². The van der Waals surface area contributed by atoms with Crippen LogP contribution in [0.4, 0.5) is 0 Å². The number of ether oxygens (including phenoxy) is 1. The molecule has 0 aliphatic rings. The summed E-state index contributed by atoms with van der Waals surface area (Å²) in [5.74, 6) is 0.531. The van der Waals surface area contributed by atoms with Crippen LogP contribution in [0, 0.1) is 0 Å². The van der Waals surface area contributed by atoms with Crippen molar-refractivity contribution in [2.45, 2.75) is 0 Å². The fraction of sp³-hybridized carbons (Fsp3) is 0.0714. The van der Waals surface area contributed by atoms with Crippen molar-refractivity contribution in [3.8, 4) is 5.75 Å². The van der Waals surface area contributed by atoms with E-state index >= 15 is 0 Å². The van der Waals surface area contributed by atoms with Gasteiger partial charge in [-0.05, 0) is 28.1 Å². The fourth-order valence-electron chi connectivity index (χ4n) is 1.63. The first-order chi connectivity index (χ1) is 8.24. The number of rotatable bonds is 3. The van der Waals surface area contributed by atoms with Gasteiger partial charge in [-0.2, -0.15) is 0 Å². The van der Waals surface area contributed by atoms with Crippen LogP contribution in [0.25, 0.3) is 0 Å². The molecule has 0 aliphatic carbocycles. The molecular weight excluding hydrogens is 286 g/mol. The summed E-state index contributed by atoms with van der Waals surface area (Å²) >= 11 is 3.38. The Kier molecular flexibility index (Phi) is 3.59. The van der Waals surface area contributed by atoms with Crippen molar-refractivity contribution < 1.29 is 9.53 Å². The van der Waals surface area contributed by atoms with Gasteiger partial charge < -0.3 is 4.74 Å². The van der Waals surface area contributed by atoms with Crippen LogP contribution in [0.3, 0.4) is 0 Å². The summed E-state index contributed by atoms with van der Waals surface area (Å²) in [6.45, 7) is 0. The third kappa shape index (κ3) is 2.39. The zero-order valence-corrected chi connectivity index (χ0v) is 10.9. The number of benzene rings is 2. The van der Waals surface area contributed by atoms with Gasteiger partial charge in [-0.1, -0.05) is 36.4 Å². The largest absolute Gasteiger partial charge is 0.496 e. The van der Waals surface area contributed by atoms with Crippen LogP contribution >= 0.6 is 15.9 Å². The van der Waals surface area contributed by atoms with E-state index in [-0.39, 0.29) is 5.78 Å². The highest BCUT2D eigenvalue weighted by atomic mass is 79.9. The molecule has 0 aromatic heterocycles. The van der Waals surface area contributed by atoms with Gasteiger partial charge in [-0.3, -0.25) is 4.79 Å². The highest BCUT2D eigenvalue weighted by Crippen LogP contribution is 2.28. The molecule has 0 bridgehead atoms. The average molecular weight is 297 g/mol. The zero-order valence-electron chi connectivity index (χ0n) is 9.31. The van der Waals surface area contributed by atoms with Crippen molar-refractivity contribution in [2.75, 3.05) is 7.11 Å². The van der Waals surface area contributed by atoms with Crippen LogP contribution in [0.1, 0.15) is 15.9 Å². The van der Waals surface area contributed by atoms with Crippen molar-refractivity contribution in [3.63, 3.8) is 0 Å². The molecule has 86 valence electrons. The fourth-order valence-corrected chi connectivity index (χ4v) is 2.16. The van der Waals surface area contributed by atoms with Gasteiger partial charge in [0, 0.05) is 10.0 Å². The van der Waals surface area contributed by atoms with E-state index in [0.29, 0.717) is 16.9 Å². The van der Waals surface area contributed by atoms with Gasteiger partial charge in [-0.25, -0.2) is 0 Å². The maximum atomic E-state index is 12.3. The SMILES string of the molecule is COc1cccc(Br)c1C(=O)[13c]1[13cH][13cH][13cH][13cH][13cH]1. The Labute approximate surface area is 108 Å². The molecular formula is C14H11BrO2. The third-order valence-corrected chi connectivity index (χ3v) is 3.12. The molecule has 0 aliphatic heterocycles. The number of ketones is 1. The molecule has 0 heterocycles. The molecule has 0 N–H and O–H groups in total. The predicted molar refractivity (Wildman–Crippen MR) is 70.6 cm³/mol. The predicted octanol–water partition coefficient (Wildman–Crippen LogP) is 3.69.